The fourth-order valence-corrected chi connectivity index (χ4v) is 1.17. The van der Waals surface area contributed by atoms with Crippen LogP contribution in [0.4, 0.5) is 0 Å². The second-order valence-corrected chi connectivity index (χ2v) is 3.76. The molecular formula is C10H20N2O3. The molecule has 0 aromatic rings. The summed E-state index contributed by atoms with van der Waals surface area (Å²) in [6.45, 7) is 3.69. The molecule has 5 nitrogen and oxygen atoms in total. The van der Waals surface area contributed by atoms with Gasteiger partial charge in [0, 0.05) is 12.5 Å². The fourth-order valence-electron chi connectivity index (χ4n) is 1.17. The van der Waals surface area contributed by atoms with Crippen LogP contribution in [0.15, 0.2) is 0 Å². The summed E-state index contributed by atoms with van der Waals surface area (Å²) >= 11 is 0. The van der Waals surface area contributed by atoms with Gasteiger partial charge in [-0.15, -0.1) is 0 Å². The standard InChI is InChI=1S/C10H20N2O3/c1-3-4-8(10(14)15)12-9(13)6-5-7(2)11/h7-8H,3-6,11H2,1-2H3,(H,12,13)(H,14,15)/t7?,8-/m0/s1. The molecule has 0 fully saturated rings. The lowest BCUT2D eigenvalue weighted by atomic mass is 10.1. The summed E-state index contributed by atoms with van der Waals surface area (Å²) < 4.78 is 0. The van der Waals surface area contributed by atoms with Gasteiger partial charge in [0.1, 0.15) is 6.04 Å². The van der Waals surface area contributed by atoms with Crippen molar-refractivity contribution in [3.05, 3.63) is 0 Å². The van der Waals surface area contributed by atoms with E-state index in [1.165, 1.54) is 0 Å². The lowest BCUT2D eigenvalue weighted by Crippen LogP contribution is -2.40. The molecule has 5 heteroatoms. The number of carbonyl (C=O) groups excluding carboxylic acids is 1. The zero-order chi connectivity index (χ0) is 11.8. The highest BCUT2D eigenvalue weighted by atomic mass is 16.4. The van der Waals surface area contributed by atoms with Gasteiger partial charge in [-0.2, -0.15) is 0 Å². The molecule has 1 unspecified atom stereocenters. The van der Waals surface area contributed by atoms with E-state index in [1.807, 2.05) is 13.8 Å². The van der Waals surface area contributed by atoms with Gasteiger partial charge in [-0.25, -0.2) is 4.79 Å². The molecule has 0 heterocycles. The first-order valence-corrected chi connectivity index (χ1v) is 5.25. The predicted octanol–water partition coefficient (Wildman–Crippen LogP) is 0.483. The minimum absolute atomic E-state index is 0.0368. The molecule has 88 valence electrons. The average molecular weight is 216 g/mol. The Morgan fingerprint density at radius 2 is 2.00 bits per heavy atom. The molecule has 0 spiro atoms. The summed E-state index contributed by atoms with van der Waals surface area (Å²) in [5, 5.41) is 11.3. The molecule has 0 bridgehead atoms. The van der Waals surface area contributed by atoms with Crippen LogP contribution < -0.4 is 11.1 Å². The molecule has 0 radical (unpaired) electrons. The van der Waals surface area contributed by atoms with Crippen LogP contribution in [-0.2, 0) is 9.59 Å². The number of hydrogen-bond acceptors (Lipinski definition) is 3. The third-order valence-electron chi connectivity index (χ3n) is 2.04. The number of nitrogens with two attached hydrogens (primary N) is 1. The average Bonchev–Trinajstić information content (AvgIpc) is 2.14. The van der Waals surface area contributed by atoms with Crippen LogP contribution in [0.1, 0.15) is 39.5 Å². The minimum Gasteiger partial charge on any atom is -0.480 e. The van der Waals surface area contributed by atoms with Gasteiger partial charge in [-0.05, 0) is 19.8 Å². The van der Waals surface area contributed by atoms with E-state index >= 15 is 0 Å². The maximum absolute atomic E-state index is 11.3. The summed E-state index contributed by atoms with van der Waals surface area (Å²) in [6.07, 6.45) is 2.04. The molecule has 4 N–H and O–H groups in total. The van der Waals surface area contributed by atoms with Crippen LogP contribution in [0, 0.1) is 0 Å². The fraction of sp³-hybridized carbons (Fsp3) is 0.800. The highest BCUT2D eigenvalue weighted by Gasteiger charge is 2.18. The summed E-state index contributed by atoms with van der Waals surface area (Å²) in [5.74, 6) is -1.22. The van der Waals surface area contributed by atoms with Crippen molar-refractivity contribution in [2.75, 3.05) is 0 Å². The van der Waals surface area contributed by atoms with E-state index in [4.69, 9.17) is 10.8 Å². The van der Waals surface area contributed by atoms with Gasteiger partial charge < -0.3 is 16.2 Å². The van der Waals surface area contributed by atoms with E-state index in [-0.39, 0.29) is 18.4 Å². The Hall–Kier alpha value is -1.10. The van der Waals surface area contributed by atoms with Crippen LogP contribution in [0.5, 0.6) is 0 Å². The van der Waals surface area contributed by atoms with Gasteiger partial charge in [-0.3, -0.25) is 4.79 Å². The summed E-state index contributed by atoms with van der Waals surface area (Å²) in [6, 6.07) is -0.805. The largest absolute Gasteiger partial charge is 0.480 e. The summed E-state index contributed by atoms with van der Waals surface area (Å²) in [4.78, 5) is 22.0. The number of aliphatic carboxylic acids is 1. The zero-order valence-corrected chi connectivity index (χ0v) is 9.32. The zero-order valence-electron chi connectivity index (χ0n) is 9.32. The van der Waals surface area contributed by atoms with Crippen LogP contribution in [0.25, 0.3) is 0 Å². The van der Waals surface area contributed by atoms with Crippen LogP contribution in [0.3, 0.4) is 0 Å². The van der Waals surface area contributed by atoms with Crippen molar-refractivity contribution in [2.24, 2.45) is 5.73 Å². The van der Waals surface area contributed by atoms with E-state index in [1.54, 1.807) is 0 Å². The Balaban J connectivity index is 3.94. The van der Waals surface area contributed by atoms with Crippen molar-refractivity contribution >= 4 is 11.9 Å². The SMILES string of the molecule is CCC[C@H](NC(=O)CCC(C)N)C(=O)O. The Labute approximate surface area is 90.0 Å². The van der Waals surface area contributed by atoms with Crippen molar-refractivity contribution in [3.63, 3.8) is 0 Å². The minimum atomic E-state index is -0.981. The highest BCUT2D eigenvalue weighted by Crippen LogP contribution is 1.99. The number of rotatable bonds is 7. The van der Waals surface area contributed by atoms with Crippen molar-refractivity contribution < 1.29 is 14.7 Å². The third-order valence-corrected chi connectivity index (χ3v) is 2.04. The van der Waals surface area contributed by atoms with Gasteiger partial charge >= 0.3 is 5.97 Å². The summed E-state index contributed by atoms with van der Waals surface area (Å²) in [7, 11) is 0. The first-order valence-electron chi connectivity index (χ1n) is 5.25. The van der Waals surface area contributed by atoms with Crippen LogP contribution in [-0.4, -0.2) is 29.1 Å². The molecule has 15 heavy (non-hydrogen) atoms. The maximum Gasteiger partial charge on any atom is 0.326 e. The molecule has 0 aromatic carbocycles. The summed E-state index contributed by atoms with van der Waals surface area (Å²) in [5.41, 5.74) is 5.49. The van der Waals surface area contributed by atoms with E-state index in [0.717, 1.165) is 6.42 Å². The third kappa shape index (κ3) is 6.90. The second kappa shape index (κ2) is 7.23. The number of carboxylic acids is 1. The molecule has 1 amide bonds. The molecule has 2 atom stereocenters. The lowest BCUT2D eigenvalue weighted by Gasteiger charge is -2.13. The van der Waals surface area contributed by atoms with E-state index < -0.39 is 12.0 Å². The number of nitrogens with one attached hydrogen (secondary N) is 1. The molecule has 0 aliphatic carbocycles. The highest BCUT2D eigenvalue weighted by molar-refractivity contribution is 5.83. The van der Waals surface area contributed by atoms with Gasteiger partial charge in [0.05, 0.1) is 0 Å². The Morgan fingerprint density at radius 3 is 2.40 bits per heavy atom. The number of carboxylic acid groups (broad SMARTS) is 1. The molecule has 0 aliphatic heterocycles. The molecule has 0 rings (SSSR count). The van der Waals surface area contributed by atoms with E-state index in [2.05, 4.69) is 5.32 Å². The van der Waals surface area contributed by atoms with Crippen LogP contribution >= 0.6 is 0 Å². The molecule has 0 aliphatic rings. The lowest BCUT2D eigenvalue weighted by molar-refractivity contribution is -0.142. The smallest absolute Gasteiger partial charge is 0.326 e. The van der Waals surface area contributed by atoms with Gasteiger partial charge in [-0.1, -0.05) is 13.3 Å². The van der Waals surface area contributed by atoms with E-state index in [0.29, 0.717) is 12.8 Å². The van der Waals surface area contributed by atoms with E-state index in [9.17, 15) is 9.59 Å². The van der Waals surface area contributed by atoms with Gasteiger partial charge in [0.2, 0.25) is 5.91 Å². The molecule has 0 aromatic heterocycles. The number of hydrogen-bond donors (Lipinski definition) is 3. The second-order valence-electron chi connectivity index (χ2n) is 3.76. The topological polar surface area (TPSA) is 92.4 Å². The van der Waals surface area contributed by atoms with Gasteiger partial charge in [0.25, 0.3) is 0 Å². The van der Waals surface area contributed by atoms with Crippen molar-refractivity contribution in [3.8, 4) is 0 Å². The molecule has 0 saturated heterocycles. The molecule has 0 saturated carbocycles. The van der Waals surface area contributed by atoms with Crippen LogP contribution in [0.2, 0.25) is 0 Å². The Morgan fingerprint density at radius 1 is 1.40 bits per heavy atom. The Bertz CT molecular complexity index is 217. The van der Waals surface area contributed by atoms with Crippen molar-refractivity contribution in [1.82, 2.24) is 5.32 Å². The van der Waals surface area contributed by atoms with Gasteiger partial charge in [0.15, 0.2) is 0 Å². The quantitative estimate of drug-likeness (QED) is 0.577. The normalized spacial score (nSPS) is 14.3. The molecular weight excluding hydrogens is 196 g/mol. The maximum atomic E-state index is 11.3. The van der Waals surface area contributed by atoms with Crippen molar-refractivity contribution in [2.45, 2.75) is 51.6 Å². The first kappa shape index (κ1) is 13.9. The Kier molecular flexibility index (Phi) is 6.70. The van der Waals surface area contributed by atoms with Crippen molar-refractivity contribution in [1.29, 1.82) is 0 Å². The monoisotopic (exact) mass is 216 g/mol. The first-order chi connectivity index (χ1) is 6.97. The number of carbonyl (C=O) groups is 2. The predicted molar refractivity (Wildman–Crippen MR) is 57.4 cm³/mol. The number of amides is 1.